The van der Waals surface area contributed by atoms with Gasteiger partial charge in [0.15, 0.2) is 0 Å². The van der Waals surface area contributed by atoms with Crippen molar-refractivity contribution >= 4 is 28.1 Å². The molecule has 1 aromatic rings. The van der Waals surface area contributed by atoms with E-state index in [9.17, 15) is 4.21 Å². The largest absolute Gasteiger partial charge is 0.399 e. The summed E-state index contributed by atoms with van der Waals surface area (Å²) in [5, 5.41) is 0.525. The van der Waals surface area contributed by atoms with Gasteiger partial charge in [0.1, 0.15) is 0 Å². The molecule has 1 unspecified atom stereocenters. The van der Waals surface area contributed by atoms with Gasteiger partial charge in [0.25, 0.3) is 0 Å². The molecule has 0 saturated heterocycles. The van der Waals surface area contributed by atoms with Crippen LogP contribution < -0.4 is 5.73 Å². The monoisotopic (exact) mass is 285 g/mol. The number of benzene rings is 1. The molecule has 0 amide bonds. The average molecular weight is 286 g/mol. The van der Waals surface area contributed by atoms with E-state index in [2.05, 4.69) is 0 Å². The molecule has 2 rings (SSSR count). The van der Waals surface area contributed by atoms with Crippen molar-refractivity contribution in [1.29, 1.82) is 0 Å². The minimum Gasteiger partial charge on any atom is -0.399 e. The highest BCUT2D eigenvalue weighted by molar-refractivity contribution is 7.85. The van der Waals surface area contributed by atoms with Crippen molar-refractivity contribution in [3.05, 3.63) is 23.2 Å². The Morgan fingerprint density at radius 3 is 2.67 bits per heavy atom. The van der Waals surface area contributed by atoms with Crippen LogP contribution in [0.4, 0.5) is 5.69 Å². The van der Waals surface area contributed by atoms with E-state index in [1.54, 1.807) is 18.2 Å². The number of hydrogen-bond acceptors (Lipinski definition) is 2. The summed E-state index contributed by atoms with van der Waals surface area (Å²) >= 11 is 6.07. The molecule has 1 aliphatic carbocycles. The van der Waals surface area contributed by atoms with Crippen LogP contribution in [0.3, 0.4) is 0 Å². The smallest absolute Gasteiger partial charge is 0.0587 e. The fourth-order valence-electron chi connectivity index (χ4n) is 2.56. The molecule has 0 heterocycles. The summed E-state index contributed by atoms with van der Waals surface area (Å²) in [4.78, 5) is 0.724. The summed E-state index contributed by atoms with van der Waals surface area (Å²) in [5.74, 6) is 1.48. The van der Waals surface area contributed by atoms with E-state index in [1.165, 1.54) is 32.1 Å². The molecule has 2 N–H and O–H groups in total. The molecule has 0 aromatic heterocycles. The molecule has 0 radical (unpaired) electrons. The number of halogens is 1. The van der Waals surface area contributed by atoms with Gasteiger partial charge in [0.2, 0.25) is 0 Å². The first-order valence-electron chi connectivity index (χ1n) is 6.60. The van der Waals surface area contributed by atoms with Gasteiger partial charge in [0, 0.05) is 11.4 Å². The minimum absolute atomic E-state index is 0.525. The Morgan fingerprint density at radius 2 is 2.00 bits per heavy atom. The predicted octanol–water partition coefficient (Wildman–Crippen LogP) is 4.00. The molecule has 1 atom stereocenters. The molecule has 2 nitrogen and oxygen atoms in total. The Labute approximate surface area is 116 Å². The second-order valence-electron chi connectivity index (χ2n) is 5.03. The van der Waals surface area contributed by atoms with Gasteiger partial charge in [-0.15, -0.1) is 0 Å². The summed E-state index contributed by atoms with van der Waals surface area (Å²) in [6.45, 7) is 0. The molecule has 100 valence electrons. The fraction of sp³-hybridized carbons (Fsp3) is 0.571. The van der Waals surface area contributed by atoms with Crippen molar-refractivity contribution in [2.75, 3.05) is 11.5 Å². The lowest BCUT2D eigenvalue weighted by atomic mass is 9.88. The first-order valence-corrected chi connectivity index (χ1v) is 8.30. The maximum Gasteiger partial charge on any atom is 0.0587 e. The van der Waals surface area contributed by atoms with Gasteiger partial charge in [-0.05, 0) is 30.5 Å². The van der Waals surface area contributed by atoms with Crippen LogP contribution in [-0.2, 0) is 10.8 Å². The van der Waals surface area contributed by atoms with Gasteiger partial charge < -0.3 is 5.73 Å². The molecule has 1 aromatic carbocycles. The zero-order valence-electron chi connectivity index (χ0n) is 10.5. The van der Waals surface area contributed by atoms with Crippen LogP contribution in [0.25, 0.3) is 0 Å². The van der Waals surface area contributed by atoms with Crippen molar-refractivity contribution in [2.45, 2.75) is 43.4 Å². The Kier molecular flexibility index (Phi) is 5.07. The van der Waals surface area contributed by atoms with E-state index in [0.29, 0.717) is 16.5 Å². The average Bonchev–Trinajstić information content (AvgIpc) is 2.37. The van der Waals surface area contributed by atoms with Crippen LogP contribution in [0.2, 0.25) is 5.02 Å². The lowest BCUT2D eigenvalue weighted by Crippen LogP contribution is -2.10. The maximum absolute atomic E-state index is 12.2. The molecule has 1 fully saturated rings. The summed E-state index contributed by atoms with van der Waals surface area (Å²) in [7, 11) is -0.992. The molecule has 0 aliphatic heterocycles. The second-order valence-corrected chi connectivity index (χ2v) is 6.98. The second kappa shape index (κ2) is 6.58. The lowest BCUT2D eigenvalue weighted by Gasteiger charge is -2.21. The molecular formula is C14H20ClNOS. The third kappa shape index (κ3) is 3.72. The number of nitrogen functional groups attached to an aromatic ring is 1. The molecule has 1 aliphatic rings. The Morgan fingerprint density at radius 1 is 1.28 bits per heavy atom. The Bertz CT molecular complexity index is 430. The van der Waals surface area contributed by atoms with Crippen LogP contribution in [-0.4, -0.2) is 9.96 Å². The summed E-state index contributed by atoms with van der Waals surface area (Å²) in [6, 6.07) is 5.23. The zero-order chi connectivity index (χ0) is 13.0. The van der Waals surface area contributed by atoms with Crippen molar-refractivity contribution in [1.82, 2.24) is 0 Å². The molecular weight excluding hydrogens is 266 g/mol. The first kappa shape index (κ1) is 13.9. The van der Waals surface area contributed by atoms with Crippen molar-refractivity contribution in [2.24, 2.45) is 5.92 Å². The third-order valence-corrected chi connectivity index (χ3v) is 5.52. The van der Waals surface area contributed by atoms with Crippen molar-refractivity contribution in [3.8, 4) is 0 Å². The highest BCUT2D eigenvalue weighted by Gasteiger charge is 2.16. The molecule has 0 bridgehead atoms. The van der Waals surface area contributed by atoms with Crippen molar-refractivity contribution < 1.29 is 4.21 Å². The highest BCUT2D eigenvalue weighted by Crippen LogP contribution is 2.28. The van der Waals surface area contributed by atoms with Crippen molar-refractivity contribution in [3.63, 3.8) is 0 Å². The van der Waals surface area contributed by atoms with Gasteiger partial charge in [-0.25, -0.2) is 0 Å². The Hall–Kier alpha value is -0.540. The van der Waals surface area contributed by atoms with E-state index < -0.39 is 10.8 Å². The van der Waals surface area contributed by atoms with Gasteiger partial charge in [-0.3, -0.25) is 4.21 Å². The van der Waals surface area contributed by atoms with Crippen LogP contribution in [0.15, 0.2) is 23.1 Å². The fourth-order valence-corrected chi connectivity index (χ4v) is 4.27. The van der Waals surface area contributed by atoms with Gasteiger partial charge in [-0.2, -0.15) is 0 Å². The molecule has 4 heteroatoms. The number of hydrogen-bond donors (Lipinski definition) is 1. The zero-order valence-corrected chi connectivity index (χ0v) is 12.1. The quantitative estimate of drug-likeness (QED) is 0.850. The molecule has 18 heavy (non-hydrogen) atoms. The standard InChI is InChI=1S/C14H20ClNOS/c15-13-10-12(16)6-7-14(13)18(17)9-8-11-4-2-1-3-5-11/h6-7,10-11H,1-5,8-9,16H2. The third-order valence-electron chi connectivity index (χ3n) is 3.64. The lowest BCUT2D eigenvalue weighted by molar-refractivity contribution is 0.351. The van der Waals surface area contributed by atoms with E-state index in [1.807, 2.05) is 0 Å². The van der Waals surface area contributed by atoms with E-state index >= 15 is 0 Å². The predicted molar refractivity (Wildman–Crippen MR) is 78.3 cm³/mol. The maximum atomic E-state index is 12.2. The highest BCUT2D eigenvalue weighted by atomic mass is 35.5. The SMILES string of the molecule is Nc1ccc(S(=O)CCC2CCCCC2)c(Cl)c1. The summed E-state index contributed by atoms with van der Waals surface area (Å²) in [5.41, 5.74) is 6.25. The van der Waals surface area contributed by atoms with Crippen LogP contribution in [0.5, 0.6) is 0 Å². The molecule has 0 spiro atoms. The van der Waals surface area contributed by atoms with Crippen LogP contribution in [0.1, 0.15) is 38.5 Å². The van der Waals surface area contributed by atoms with Gasteiger partial charge in [-0.1, -0.05) is 43.7 Å². The van der Waals surface area contributed by atoms with Gasteiger partial charge >= 0.3 is 0 Å². The van der Waals surface area contributed by atoms with Gasteiger partial charge in [0.05, 0.1) is 20.7 Å². The van der Waals surface area contributed by atoms with Crippen LogP contribution >= 0.6 is 11.6 Å². The van der Waals surface area contributed by atoms with E-state index in [4.69, 9.17) is 17.3 Å². The number of anilines is 1. The topological polar surface area (TPSA) is 43.1 Å². The summed E-state index contributed by atoms with van der Waals surface area (Å²) < 4.78 is 12.2. The Balaban J connectivity index is 1.90. The van der Waals surface area contributed by atoms with E-state index in [0.717, 1.165) is 17.2 Å². The normalized spacial score (nSPS) is 18.7. The summed E-state index contributed by atoms with van der Waals surface area (Å²) in [6.07, 6.45) is 7.68. The van der Waals surface area contributed by atoms with Crippen LogP contribution in [0, 0.1) is 5.92 Å². The first-order chi connectivity index (χ1) is 8.66. The minimum atomic E-state index is -0.992. The van der Waals surface area contributed by atoms with E-state index in [-0.39, 0.29) is 0 Å². The number of rotatable bonds is 4. The number of nitrogens with two attached hydrogens (primary N) is 1. The molecule has 1 saturated carbocycles.